The normalized spacial score (nSPS) is 28.4. The number of ketones is 1. The van der Waals surface area contributed by atoms with Crippen LogP contribution >= 0.6 is 0 Å². The Balaban J connectivity index is 1.72. The van der Waals surface area contributed by atoms with Gasteiger partial charge in [-0.05, 0) is 0 Å². The van der Waals surface area contributed by atoms with E-state index in [-0.39, 0.29) is 17.0 Å². The molecule has 30 heavy (non-hydrogen) atoms. The number of aliphatic hydroxyl groups is 7. The van der Waals surface area contributed by atoms with Crippen molar-refractivity contribution in [3.8, 4) is 0 Å². The molecule has 3 heterocycles. The van der Waals surface area contributed by atoms with Crippen LogP contribution in [0.25, 0.3) is 11.2 Å². The van der Waals surface area contributed by atoms with E-state index in [1.54, 1.807) is 0 Å². The van der Waals surface area contributed by atoms with Gasteiger partial charge in [0, 0.05) is 6.42 Å². The quantitative estimate of drug-likeness (QED) is 0.197. The van der Waals surface area contributed by atoms with Crippen molar-refractivity contribution in [3.05, 3.63) is 12.7 Å². The van der Waals surface area contributed by atoms with Crippen LogP contribution < -0.4 is 5.73 Å². The highest BCUT2D eigenvalue weighted by atomic mass is 16.6. The highest BCUT2D eigenvalue weighted by molar-refractivity contribution is 5.84. The van der Waals surface area contributed by atoms with Crippen molar-refractivity contribution in [1.29, 1.82) is 0 Å². The number of hydrogen-bond donors (Lipinski definition) is 8. The van der Waals surface area contributed by atoms with Crippen molar-refractivity contribution < 1.29 is 45.3 Å². The number of nitrogens with two attached hydrogens (primary N) is 1. The summed E-state index contributed by atoms with van der Waals surface area (Å²) in [4.78, 5) is 24.1. The van der Waals surface area contributed by atoms with Crippen molar-refractivity contribution in [2.75, 3.05) is 12.3 Å². The average Bonchev–Trinajstić information content (AvgIpc) is 3.28. The number of fused-ring (bicyclic) bond motifs is 1. The molecule has 2 aromatic rings. The molecular weight excluding hydrogens is 406 g/mol. The number of carbonyl (C=O) groups excluding carboxylic acids is 1. The Bertz CT molecular complexity index is 895. The van der Waals surface area contributed by atoms with Gasteiger partial charge in [-0.2, -0.15) is 0 Å². The molecule has 8 atom stereocenters. The van der Waals surface area contributed by atoms with Gasteiger partial charge in [0.25, 0.3) is 0 Å². The Morgan fingerprint density at radius 3 is 2.50 bits per heavy atom. The lowest BCUT2D eigenvalue weighted by atomic mass is 9.96. The van der Waals surface area contributed by atoms with E-state index in [1.165, 1.54) is 17.2 Å². The molecule has 0 radical (unpaired) electrons. The monoisotopic (exact) mass is 429 g/mol. The first-order chi connectivity index (χ1) is 14.2. The van der Waals surface area contributed by atoms with E-state index in [9.17, 15) is 35.4 Å². The summed E-state index contributed by atoms with van der Waals surface area (Å²) < 4.78 is 6.87. The number of nitrogen functional groups attached to an aromatic ring is 1. The molecule has 14 heteroatoms. The maximum absolute atomic E-state index is 12.3. The summed E-state index contributed by atoms with van der Waals surface area (Å²) in [5.74, 6) is -0.926. The summed E-state index contributed by atoms with van der Waals surface area (Å²) in [6, 6.07) is 0. The standard InChI is InChI=1S/C16H23N5O9/c17-14-8-15(19-3-18-14)21(4-20-8)16-13(29)11(27)7(30-16)1-5(23)9(25)12(28)10(26)6(24)2-22/h3-4,6-7,9-13,16,22,24-29H,1-2H2,(H2,17,18,19). The van der Waals surface area contributed by atoms with Crippen molar-refractivity contribution in [2.45, 2.75) is 55.4 Å². The lowest BCUT2D eigenvalue weighted by molar-refractivity contribution is -0.150. The van der Waals surface area contributed by atoms with E-state index in [0.717, 1.165) is 0 Å². The van der Waals surface area contributed by atoms with Crippen LogP contribution in [0.2, 0.25) is 0 Å². The Hall–Kier alpha value is -2.30. The van der Waals surface area contributed by atoms with Gasteiger partial charge < -0.3 is 46.2 Å². The second-order valence-corrected chi connectivity index (χ2v) is 6.98. The fraction of sp³-hybridized carbons (Fsp3) is 0.625. The first kappa shape index (κ1) is 22.4. The summed E-state index contributed by atoms with van der Waals surface area (Å²) in [6.45, 7) is -0.898. The van der Waals surface area contributed by atoms with Gasteiger partial charge >= 0.3 is 0 Å². The highest BCUT2D eigenvalue weighted by Crippen LogP contribution is 2.33. The van der Waals surface area contributed by atoms with Gasteiger partial charge in [-0.1, -0.05) is 0 Å². The van der Waals surface area contributed by atoms with Gasteiger partial charge in [0.2, 0.25) is 0 Å². The zero-order valence-corrected chi connectivity index (χ0v) is 15.5. The number of ether oxygens (including phenoxy) is 1. The molecule has 1 saturated heterocycles. The molecule has 0 spiro atoms. The number of rotatable bonds is 8. The Morgan fingerprint density at radius 2 is 1.83 bits per heavy atom. The first-order valence-electron chi connectivity index (χ1n) is 8.97. The molecule has 0 aliphatic carbocycles. The SMILES string of the molecule is Nc1ncnc2c1ncn2C1OC(CC(=O)C(O)C(O)C(O)C(O)CO)C(O)C1O. The van der Waals surface area contributed by atoms with Gasteiger partial charge in [0.15, 0.2) is 23.5 Å². The van der Waals surface area contributed by atoms with E-state index >= 15 is 0 Å². The number of anilines is 1. The summed E-state index contributed by atoms with van der Waals surface area (Å²) in [7, 11) is 0. The number of nitrogens with zero attached hydrogens (tertiary/aromatic N) is 4. The highest BCUT2D eigenvalue weighted by Gasteiger charge is 2.46. The summed E-state index contributed by atoms with van der Waals surface area (Å²) in [6.07, 6.45) is -11.6. The molecule has 2 aromatic heterocycles. The molecule has 1 fully saturated rings. The molecule has 9 N–H and O–H groups in total. The minimum absolute atomic E-state index is 0.0965. The van der Waals surface area contributed by atoms with Crippen molar-refractivity contribution in [3.63, 3.8) is 0 Å². The van der Waals surface area contributed by atoms with Crippen LogP contribution in [-0.2, 0) is 9.53 Å². The predicted octanol–water partition coefficient (Wildman–Crippen LogP) is -4.58. The maximum atomic E-state index is 12.3. The molecule has 0 aromatic carbocycles. The van der Waals surface area contributed by atoms with Crippen LogP contribution in [0.15, 0.2) is 12.7 Å². The van der Waals surface area contributed by atoms with Crippen molar-refractivity contribution >= 4 is 22.8 Å². The van der Waals surface area contributed by atoms with E-state index in [1.807, 2.05) is 0 Å². The molecule has 14 nitrogen and oxygen atoms in total. The largest absolute Gasteiger partial charge is 0.394 e. The molecule has 0 amide bonds. The number of hydrogen-bond acceptors (Lipinski definition) is 13. The summed E-state index contributed by atoms with van der Waals surface area (Å²) in [5, 5.41) is 68.1. The second kappa shape index (κ2) is 8.83. The Kier molecular flexibility index (Phi) is 6.59. The van der Waals surface area contributed by atoms with E-state index in [2.05, 4.69) is 15.0 Å². The molecule has 166 valence electrons. The zero-order valence-electron chi connectivity index (χ0n) is 15.5. The fourth-order valence-electron chi connectivity index (χ4n) is 3.22. The van der Waals surface area contributed by atoms with Gasteiger partial charge in [-0.15, -0.1) is 0 Å². The van der Waals surface area contributed by atoms with Gasteiger partial charge in [-0.25, -0.2) is 15.0 Å². The Labute approximate surface area is 168 Å². The molecule has 0 bridgehead atoms. The number of carbonyl (C=O) groups is 1. The minimum atomic E-state index is -2.13. The lowest BCUT2D eigenvalue weighted by Crippen LogP contribution is -2.49. The lowest BCUT2D eigenvalue weighted by Gasteiger charge is -2.25. The Morgan fingerprint density at radius 1 is 1.13 bits per heavy atom. The van der Waals surface area contributed by atoms with E-state index in [4.69, 9.17) is 15.6 Å². The van der Waals surface area contributed by atoms with Crippen LogP contribution in [0.1, 0.15) is 12.6 Å². The zero-order chi connectivity index (χ0) is 22.2. The average molecular weight is 429 g/mol. The summed E-state index contributed by atoms with van der Waals surface area (Å²) in [5.41, 5.74) is 6.18. The number of aromatic nitrogens is 4. The van der Waals surface area contributed by atoms with E-state index in [0.29, 0.717) is 0 Å². The second-order valence-electron chi connectivity index (χ2n) is 6.98. The van der Waals surface area contributed by atoms with Crippen LogP contribution in [0, 0.1) is 0 Å². The van der Waals surface area contributed by atoms with Crippen LogP contribution in [0.3, 0.4) is 0 Å². The third-order valence-corrected chi connectivity index (χ3v) is 4.99. The van der Waals surface area contributed by atoms with Gasteiger partial charge in [0.1, 0.15) is 48.5 Å². The summed E-state index contributed by atoms with van der Waals surface area (Å²) >= 11 is 0. The smallest absolute Gasteiger partial charge is 0.167 e. The first-order valence-corrected chi connectivity index (χ1v) is 8.97. The third-order valence-electron chi connectivity index (χ3n) is 4.99. The predicted molar refractivity (Wildman–Crippen MR) is 96.4 cm³/mol. The van der Waals surface area contributed by atoms with Gasteiger partial charge in [-0.3, -0.25) is 9.36 Å². The number of imidazole rings is 1. The van der Waals surface area contributed by atoms with Crippen LogP contribution in [-0.4, -0.2) is 110 Å². The third kappa shape index (κ3) is 3.99. The van der Waals surface area contributed by atoms with Gasteiger partial charge in [0.05, 0.1) is 19.0 Å². The minimum Gasteiger partial charge on any atom is -0.394 e. The topological polar surface area (TPSA) is 238 Å². The molecule has 3 rings (SSSR count). The molecule has 1 aliphatic heterocycles. The van der Waals surface area contributed by atoms with Crippen LogP contribution in [0.4, 0.5) is 5.82 Å². The molecule has 8 unspecified atom stereocenters. The molecular formula is C16H23N5O9. The number of Topliss-reactive ketones (excluding diaryl/α,β-unsaturated/α-hetero) is 1. The number of aliphatic hydroxyl groups excluding tert-OH is 7. The van der Waals surface area contributed by atoms with Crippen LogP contribution in [0.5, 0.6) is 0 Å². The molecule has 1 aliphatic rings. The fourth-order valence-corrected chi connectivity index (χ4v) is 3.22. The molecule has 0 saturated carbocycles. The van der Waals surface area contributed by atoms with E-state index < -0.39 is 67.8 Å². The maximum Gasteiger partial charge on any atom is 0.167 e. The van der Waals surface area contributed by atoms with Crippen molar-refractivity contribution in [2.24, 2.45) is 0 Å². The van der Waals surface area contributed by atoms with Crippen molar-refractivity contribution in [1.82, 2.24) is 19.5 Å².